The Kier molecular flexibility index (Phi) is 4.79. The number of thiocarbonyl (C=S) groups is 1. The first-order chi connectivity index (χ1) is 15.5. The maximum atomic E-state index is 12.9. The summed E-state index contributed by atoms with van der Waals surface area (Å²) in [6.45, 7) is 0. The van der Waals surface area contributed by atoms with Crippen LogP contribution in [0.25, 0.3) is 22.4 Å². The molecule has 164 valence electrons. The van der Waals surface area contributed by atoms with Crippen molar-refractivity contribution in [3.05, 3.63) is 48.5 Å². The lowest BCUT2D eigenvalue weighted by Crippen LogP contribution is -2.48. The highest BCUT2D eigenvalue weighted by molar-refractivity contribution is 7.80. The van der Waals surface area contributed by atoms with E-state index < -0.39 is 0 Å². The molecule has 0 aliphatic heterocycles. The summed E-state index contributed by atoms with van der Waals surface area (Å²) in [5.41, 5.74) is 3.97. The predicted molar refractivity (Wildman–Crippen MR) is 131 cm³/mol. The minimum absolute atomic E-state index is 0.0536. The summed E-state index contributed by atoms with van der Waals surface area (Å²) >= 11 is 5.47. The number of aromatic nitrogens is 2. The Morgan fingerprint density at radius 3 is 2.47 bits per heavy atom. The van der Waals surface area contributed by atoms with Gasteiger partial charge in [-0.1, -0.05) is 24.3 Å². The average Bonchev–Trinajstić information content (AvgIpc) is 3.16. The molecular formula is C26H28N4OS. The molecule has 0 unspecified atom stereocenters. The largest absolute Gasteiger partial charge is 0.338 e. The van der Waals surface area contributed by atoms with E-state index in [1.807, 2.05) is 48.5 Å². The van der Waals surface area contributed by atoms with Crippen molar-refractivity contribution >= 4 is 40.0 Å². The maximum Gasteiger partial charge on any atom is 0.226 e. The van der Waals surface area contributed by atoms with Gasteiger partial charge in [-0.3, -0.25) is 4.79 Å². The van der Waals surface area contributed by atoms with Crippen molar-refractivity contribution in [3.8, 4) is 11.4 Å². The van der Waals surface area contributed by atoms with E-state index in [2.05, 4.69) is 20.6 Å². The standard InChI is InChI=1S/C26H28N4OS/c31-23(15-26-12-16-8-17(13-26)10-18(9-16)14-26)30-25(32)27-20-5-3-4-19(11-20)24-28-21-6-1-2-7-22(21)29-24/h1-7,11,16-18H,8-10,12-15H2,(H,28,29)(H2,27,30,31,32). The Hall–Kier alpha value is -2.73. The van der Waals surface area contributed by atoms with Crippen LogP contribution in [0.5, 0.6) is 0 Å². The molecule has 3 aromatic rings. The number of hydrogen-bond donors (Lipinski definition) is 3. The molecule has 6 heteroatoms. The van der Waals surface area contributed by atoms with Gasteiger partial charge in [-0.05, 0) is 98.2 Å². The molecule has 4 fully saturated rings. The van der Waals surface area contributed by atoms with Crippen molar-refractivity contribution in [2.45, 2.75) is 44.9 Å². The number of nitrogens with one attached hydrogen (secondary N) is 3. The number of anilines is 1. The number of benzene rings is 2. The lowest BCUT2D eigenvalue weighted by Gasteiger charge is -2.56. The van der Waals surface area contributed by atoms with E-state index in [1.165, 1.54) is 38.5 Å². The van der Waals surface area contributed by atoms with Gasteiger partial charge in [0.25, 0.3) is 0 Å². The number of hydrogen-bond acceptors (Lipinski definition) is 3. The molecule has 5 nitrogen and oxygen atoms in total. The zero-order valence-corrected chi connectivity index (χ0v) is 18.9. The topological polar surface area (TPSA) is 69.8 Å². The van der Waals surface area contributed by atoms with E-state index in [1.54, 1.807) is 0 Å². The summed E-state index contributed by atoms with van der Waals surface area (Å²) < 4.78 is 0. The lowest BCUT2D eigenvalue weighted by atomic mass is 9.49. The van der Waals surface area contributed by atoms with Gasteiger partial charge in [-0.2, -0.15) is 0 Å². The number of H-pyrrole nitrogens is 1. The summed E-state index contributed by atoms with van der Waals surface area (Å²) in [6.07, 6.45) is 8.47. The van der Waals surface area contributed by atoms with Crippen molar-refractivity contribution in [2.24, 2.45) is 23.2 Å². The van der Waals surface area contributed by atoms with Crippen molar-refractivity contribution in [2.75, 3.05) is 5.32 Å². The molecule has 1 heterocycles. The zero-order valence-electron chi connectivity index (χ0n) is 18.1. The molecule has 0 atom stereocenters. The zero-order chi connectivity index (χ0) is 21.7. The number of carbonyl (C=O) groups is 1. The molecular weight excluding hydrogens is 416 g/mol. The highest BCUT2D eigenvalue weighted by Gasteiger charge is 2.51. The molecule has 4 saturated carbocycles. The fourth-order valence-electron chi connectivity index (χ4n) is 7.01. The summed E-state index contributed by atoms with van der Waals surface area (Å²) in [6, 6.07) is 15.9. The van der Waals surface area contributed by atoms with Crippen LogP contribution < -0.4 is 10.6 Å². The molecule has 2 aromatic carbocycles. The van der Waals surface area contributed by atoms with Crippen LogP contribution >= 0.6 is 12.2 Å². The Labute approximate surface area is 193 Å². The fraction of sp³-hybridized carbons (Fsp3) is 0.423. The van der Waals surface area contributed by atoms with Crippen LogP contribution in [0.15, 0.2) is 48.5 Å². The number of fused-ring (bicyclic) bond motifs is 1. The lowest BCUT2D eigenvalue weighted by molar-refractivity contribution is -0.127. The summed E-state index contributed by atoms with van der Waals surface area (Å²) in [4.78, 5) is 20.9. The van der Waals surface area contributed by atoms with Gasteiger partial charge < -0.3 is 15.6 Å². The molecule has 3 N–H and O–H groups in total. The van der Waals surface area contributed by atoms with E-state index in [4.69, 9.17) is 12.2 Å². The Balaban J connectivity index is 1.10. The number of imidazole rings is 1. The number of carbonyl (C=O) groups excluding carboxylic acids is 1. The van der Waals surface area contributed by atoms with Gasteiger partial charge in [0.05, 0.1) is 11.0 Å². The van der Waals surface area contributed by atoms with E-state index in [0.717, 1.165) is 45.9 Å². The monoisotopic (exact) mass is 444 g/mol. The Morgan fingerprint density at radius 1 is 1.03 bits per heavy atom. The van der Waals surface area contributed by atoms with E-state index in [0.29, 0.717) is 11.5 Å². The molecule has 4 bridgehead atoms. The van der Waals surface area contributed by atoms with E-state index in [-0.39, 0.29) is 11.3 Å². The molecule has 0 spiro atoms. The first kappa shape index (κ1) is 19.9. The molecule has 32 heavy (non-hydrogen) atoms. The van der Waals surface area contributed by atoms with Gasteiger partial charge in [0.1, 0.15) is 5.82 Å². The first-order valence-electron chi connectivity index (χ1n) is 11.7. The highest BCUT2D eigenvalue weighted by Crippen LogP contribution is 2.61. The van der Waals surface area contributed by atoms with Gasteiger partial charge in [0, 0.05) is 17.7 Å². The molecule has 0 radical (unpaired) electrons. The quantitative estimate of drug-likeness (QED) is 0.455. The van der Waals surface area contributed by atoms with Gasteiger partial charge in [-0.15, -0.1) is 0 Å². The van der Waals surface area contributed by atoms with Crippen LogP contribution in [-0.2, 0) is 4.79 Å². The molecule has 1 aromatic heterocycles. The molecule has 0 saturated heterocycles. The third kappa shape index (κ3) is 3.81. The molecule has 1 amide bonds. The van der Waals surface area contributed by atoms with Gasteiger partial charge in [0.2, 0.25) is 5.91 Å². The van der Waals surface area contributed by atoms with Gasteiger partial charge in [-0.25, -0.2) is 4.98 Å². The third-order valence-corrected chi connectivity index (χ3v) is 7.94. The number of aromatic amines is 1. The van der Waals surface area contributed by atoms with Gasteiger partial charge in [0.15, 0.2) is 5.11 Å². The number of amides is 1. The average molecular weight is 445 g/mol. The highest BCUT2D eigenvalue weighted by atomic mass is 32.1. The van der Waals surface area contributed by atoms with Crippen LogP contribution in [0.2, 0.25) is 0 Å². The molecule has 4 aliphatic carbocycles. The predicted octanol–water partition coefficient (Wildman–Crippen LogP) is 5.65. The summed E-state index contributed by atoms with van der Waals surface area (Å²) in [5.74, 6) is 3.41. The first-order valence-corrected chi connectivity index (χ1v) is 12.1. The number of para-hydroxylation sites is 2. The van der Waals surface area contributed by atoms with Crippen molar-refractivity contribution < 1.29 is 4.79 Å². The van der Waals surface area contributed by atoms with Gasteiger partial charge >= 0.3 is 0 Å². The Morgan fingerprint density at radius 2 is 1.75 bits per heavy atom. The second-order valence-corrected chi connectivity index (χ2v) is 10.7. The summed E-state index contributed by atoms with van der Waals surface area (Å²) in [7, 11) is 0. The maximum absolute atomic E-state index is 12.9. The minimum atomic E-state index is 0.0536. The van der Waals surface area contributed by atoms with Crippen LogP contribution in [0.4, 0.5) is 5.69 Å². The van der Waals surface area contributed by atoms with E-state index >= 15 is 0 Å². The molecule has 4 aliphatic rings. The number of rotatable bonds is 4. The van der Waals surface area contributed by atoms with Crippen molar-refractivity contribution in [1.29, 1.82) is 0 Å². The van der Waals surface area contributed by atoms with Crippen LogP contribution in [-0.4, -0.2) is 21.0 Å². The summed E-state index contributed by atoms with van der Waals surface area (Å²) in [5, 5.41) is 6.49. The minimum Gasteiger partial charge on any atom is -0.338 e. The van der Waals surface area contributed by atoms with E-state index in [9.17, 15) is 4.79 Å². The van der Waals surface area contributed by atoms with Crippen molar-refractivity contribution in [1.82, 2.24) is 15.3 Å². The van der Waals surface area contributed by atoms with Crippen molar-refractivity contribution in [3.63, 3.8) is 0 Å². The second-order valence-electron chi connectivity index (χ2n) is 10.3. The smallest absolute Gasteiger partial charge is 0.226 e. The Bertz CT molecular complexity index is 1130. The normalized spacial score (nSPS) is 28.1. The number of nitrogens with zero attached hydrogens (tertiary/aromatic N) is 1. The third-order valence-electron chi connectivity index (χ3n) is 7.74. The fourth-order valence-corrected chi connectivity index (χ4v) is 7.25. The van der Waals surface area contributed by atoms with Crippen LogP contribution in [0.1, 0.15) is 44.9 Å². The SMILES string of the molecule is O=C(CC12CC3CC(CC(C3)C1)C2)NC(=S)Nc1cccc(-c2nc3ccccc3[nH]2)c1. The van der Waals surface area contributed by atoms with Crippen LogP contribution in [0, 0.1) is 23.2 Å². The van der Waals surface area contributed by atoms with Crippen LogP contribution in [0.3, 0.4) is 0 Å². The molecule has 7 rings (SSSR count). The second kappa shape index (κ2) is 7.69.